The lowest BCUT2D eigenvalue weighted by Crippen LogP contribution is -2.45. The van der Waals surface area contributed by atoms with Crippen LogP contribution in [-0.4, -0.2) is 55.7 Å². The molecule has 0 aromatic carbocycles. The molecule has 0 spiro atoms. The number of nitrogens with zero attached hydrogens (tertiary/aromatic N) is 2. The minimum absolute atomic E-state index is 0. The normalized spacial score (nSPS) is 16.4. The number of carbonyl (C=O) groups excluding carboxylic acids is 1. The van der Waals surface area contributed by atoms with Crippen molar-refractivity contribution in [1.29, 1.82) is 0 Å². The molecule has 0 aromatic rings. The summed E-state index contributed by atoms with van der Waals surface area (Å²) in [7, 11) is 0. The van der Waals surface area contributed by atoms with Gasteiger partial charge in [0.25, 0.3) is 0 Å². The van der Waals surface area contributed by atoms with Crippen LogP contribution in [0.15, 0.2) is 4.99 Å². The fourth-order valence-corrected chi connectivity index (χ4v) is 1.56. The van der Waals surface area contributed by atoms with Gasteiger partial charge in [-0.25, -0.2) is 0 Å². The molecular weight excluding hydrogens is 347 g/mol. The highest BCUT2D eigenvalue weighted by molar-refractivity contribution is 14.0. The van der Waals surface area contributed by atoms with Crippen molar-refractivity contribution in [2.75, 3.05) is 32.8 Å². The lowest BCUT2D eigenvalue weighted by atomic mass is 10.3. The van der Waals surface area contributed by atoms with Gasteiger partial charge in [0.2, 0.25) is 5.91 Å². The molecule has 3 N–H and O–H groups in total. The van der Waals surface area contributed by atoms with Gasteiger partial charge in [-0.3, -0.25) is 9.79 Å². The third-order valence-corrected chi connectivity index (χ3v) is 2.40. The van der Waals surface area contributed by atoms with Crippen LogP contribution in [0.3, 0.4) is 0 Å². The summed E-state index contributed by atoms with van der Waals surface area (Å²) in [6.07, 6.45) is 0.378. The first-order valence-electron chi connectivity index (χ1n) is 6.01. The van der Waals surface area contributed by atoms with Gasteiger partial charge in [-0.1, -0.05) is 0 Å². The Hall–Kier alpha value is -0.570. The fourth-order valence-electron chi connectivity index (χ4n) is 1.56. The van der Waals surface area contributed by atoms with Crippen LogP contribution >= 0.6 is 24.0 Å². The van der Waals surface area contributed by atoms with Gasteiger partial charge in [0.05, 0.1) is 19.8 Å². The smallest absolute Gasteiger partial charge is 0.222 e. The number of amides is 1. The quantitative estimate of drug-likeness (QED) is 0.420. The highest BCUT2D eigenvalue weighted by atomic mass is 127. The first-order valence-corrected chi connectivity index (χ1v) is 6.01. The van der Waals surface area contributed by atoms with Gasteiger partial charge in [0.1, 0.15) is 0 Å². The molecule has 0 unspecified atom stereocenters. The van der Waals surface area contributed by atoms with Gasteiger partial charge >= 0.3 is 0 Å². The predicted octanol–water partition coefficient (Wildman–Crippen LogP) is 0.166. The van der Waals surface area contributed by atoms with Gasteiger partial charge < -0.3 is 20.7 Å². The molecule has 0 aliphatic carbocycles. The minimum atomic E-state index is 0. The Bertz CT molecular complexity index is 278. The number of rotatable bonds is 4. The summed E-state index contributed by atoms with van der Waals surface area (Å²) in [6.45, 7) is 7.21. The van der Waals surface area contributed by atoms with E-state index in [0.29, 0.717) is 32.1 Å². The van der Waals surface area contributed by atoms with Crippen LogP contribution in [0.25, 0.3) is 0 Å². The zero-order valence-electron chi connectivity index (χ0n) is 11.0. The molecule has 6 nitrogen and oxygen atoms in total. The van der Waals surface area contributed by atoms with E-state index in [2.05, 4.69) is 10.3 Å². The van der Waals surface area contributed by atoms with Gasteiger partial charge in [-0.15, -0.1) is 24.0 Å². The van der Waals surface area contributed by atoms with Crippen LogP contribution in [0.4, 0.5) is 0 Å². The number of hydrogen-bond donors (Lipinski definition) is 2. The number of hydrogen-bond acceptors (Lipinski definition) is 3. The first-order chi connectivity index (χ1) is 8.09. The second-order valence-corrected chi connectivity index (χ2v) is 4.31. The van der Waals surface area contributed by atoms with Crippen molar-refractivity contribution < 1.29 is 9.53 Å². The van der Waals surface area contributed by atoms with Crippen molar-refractivity contribution in [3.05, 3.63) is 0 Å². The Balaban J connectivity index is 0.00000289. The summed E-state index contributed by atoms with van der Waals surface area (Å²) in [5.74, 6) is 0.518. The molecule has 0 bridgehead atoms. The highest BCUT2D eigenvalue weighted by Gasteiger charge is 2.12. The number of ether oxygens (including phenoxy) is 1. The molecule has 1 fully saturated rings. The molecule has 1 heterocycles. The van der Waals surface area contributed by atoms with Crippen molar-refractivity contribution in [3.8, 4) is 0 Å². The van der Waals surface area contributed by atoms with E-state index in [1.807, 2.05) is 18.7 Å². The summed E-state index contributed by atoms with van der Waals surface area (Å²) >= 11 is 0. The third kappa shape index (κ3) is 7.00. The number of guanidine groups is 1. The summed E-state index contributed by atoms with van der Waals surface area (Å²) < 4.78 is 5.22. The zero-order valence-corrected chi connectivity index (χ0v) is 13.3. The Kier molecular flexibility index (Phi) is 9.08. The minimum Gasteiger partial charge on any atom is -0.378 e. The predicted molar refractivity (Wildman–Crippen MR) is 82.2 cm³/mol. The van der Waals surface area contributed by atoms with Crippen molar-refractivity contribution in [3.63, 3.8) is 0 Å². The molecule has 1 amide bonds. The van der Waals surface area contributed by atoms with E-state index in [4.69, 9.17) is 10.5 Å². The molecular formula is C11H23IN4O2. The van der Waals surface area contributed by atoms with E-state index in [9.17, 15) is 4.79 Å². The van der Waals surface area contributed by atoms with Crippen LogP contribution < -0.4 is 11.1 Å². The zero-order chi connectivity index (χ0) is 12.7. The average Bonchev–Trinajstić information content (AvgIpc) is 2.29. The fraction of sp³-hybridized carbons (Fsp3) is 0.818. The molecule has 0 radical (unpaired) electrons. The largest absolute Gasteiger partial charge is 0.378 e. The molecule has 0 saturated carbocycles. The maximum atomic E-state index is 11.4. The SMILES string of the molecule is CC(C)NC(=O)CCN=C(N)N1CCOCC1.I. The summed E-state index contributed by atoms with van der Waals surface area (Å²) in [5, 5.41) is 2.81. The number of carbonyl (C=O) groups is 1. The van der Waals surface area contributed by atoms with Gasteiger partial charge in [0, 0.05) is 25.6 Å². The average molecular weight is 370 g/mol. The monoisotopic (exact) mass is 370 g/mol. The number of morpholine rings is 1. The molecule has 0 aromatic heterocycles. The molecule has 1 aliphatic heterocycles. The Morgan fingerprint density at radius 2 is 2.06 bits per heavy atom. The first kappa shape index (κ1) is 17.4. The Morgan fingerprint density at radius 3 is 2.61 bits per heavy atom. The number of aliphatic imine (C=N–C) groups is 1. The molecule has 0 atom stereocenters. The molecule has 1 aliphatic rings. The van der Waals surface area contributed by atoms with Crippen LogP contribution in [0.5, 0.6) is 0 Å². The molecule has 1 rings (SSSR count). The second-order valence-electron chi connectivity index (χ2n) is 4.31. The molecule has 18 heavy (non-hydrogen) atoms. The van der Waals surface area contributed by atoms with Crippen LogP contribution in [0.2, 0.25) is 0 Å². The maximum Gasteiger partial charge on any atom is 0.222 e. The third-order valence-electron chi connectivity index (χ3n) is 2.40. The van der Waals surface area contributed by atoms with Crippen molar-refractivity contribution in [2.45, 2.75) is 26.3 Å². The second kappa shape index (κ2) is 9.37. The lowest BCUT2D eigenvalue weighted by molar-refractivity contribution is -0.121. The maximum absolute atomic E-state index is 11.4. The summed E-state index contributed by atoms with van der Waals surface area (Å²) in [6, 6.07) is 0.170. The molecule has 7 heteroatoms. The summed E-state index contributed by atoms with van der Waals surface area (Å²) in [5.41, 5.74) is 5.82. The number of nitrogens with one attached hydrogen (secondary N) is 1. The van der Waals surface area contributed by atoms with Crippen LogP contribution in [-0.2, 0) is 9.53 Å². The molecule has 1 saturated heterocycles. The van der Waals surface area contributed by atoms with Gasteiger partial charge in [-0.05, 0) is 13.8 Å². The summed E-state index contributed by atoms with van der Waals surface area (Å²) in [4.78, 5) is 17.5. The topological polar surface area (TPSA) is 80.0 Å². The van der Waals surface area contributed by atoms with E-state index >= 15 is 0 Å². The van der Waals surface area contributed by atoms with E-state index < -0.39 is 0 Å². The molecule has 106 valence electrons. The van der Waals surface area contributed by atoms with Crippen molar-refractivity contribution in [1.82, 2.24) is 10.2 Å². The Morgan fingerprint density at radius 1 is 1.44 bits per heavy atom. The van der Waals surface area contributed by atoms with Crippen LogP contribution in [0, 0.1) is 0 Å². The highest BCUT2D eigenvalue weighted by Crippen LogP contribution is 1.96. The number of nitrogens with two attached hydrogens (primary N) is 1. The number of halogens is 1. The lowest BCUT2D eigenvalue weighted by Gasteiger charge is -2.27. The van der Waals surface area contributed by atoms with Crippen LogP contribution in [0.1, 0.15) is 20.3 Å². The van der Waals surface area contributed by atoms with E-state index in [1.165, 1.54) is 0 Å². The van der Waals surface area contributed by atoms with E-state index in [0.717, 1.165) is 13.1 Å². The van der Waals surface area contributed by atoms with Gasteiger partial charge in [-0.2, -0.15) is 0 Å². The van der Waals surface area contributed by atoms with Crippen molar-refractivity contribution >= 4 is 35.8 Å². The van der Waals surface area contributed by atoms with E-state index in [1.54, 1.807) is 0 Å². The Labute approximate surface area is 125 Å². The standard InChI is InChI=1S/C11H22N4O2.HI/c1-9(2)14-10(16)3-4-13-11(12)15-5-7-17-8-6-15;/h9H,3-8H2,1-2H3,(H2,12,13)(H,14,16);1H. The van der Waals surface area contributed by atoms with Gasteiger partial charge in [0.15, 0.2) is 5.96 Å². The van der Waals surface area contributed by atoms with E-state index in [-0.39, 0.29) is 35.9 Å². The van der Waals surface area contributed by atoms with Crippen molar-refractivity contribution in [2.24, 2.45) is 10.7 Å².